The zero-order valence-corrected chi connectivity index (χ0v) is 56.6. The predicted octanol–water partition coefficient (Wildman–Crippen LogP) is 3.57. The van der Waals surface area contributed by atoms with Crippen LogP contribution in [0.4, 0.5) is 13.2 Å². The number of halogens is 3. The maximum atomic E-state index is 15.4. The molecule has 3 aliphatic heterocycles. The van der Waals surface area contributed by atoms with E-state index in [-0.39, 0.29) is 51.6 Å². The summed E-state index contributed by atoms with van der Waals surface area (Å²) in [5, 5.41) is 42.4. The van der Waals surface area contributed by atoms with Crippen LogP contribution in [-0.4, -0.2) is 188 Å². The third-order valence-electron chi connectivity index (χ3n) is 18.0. The molecule has 3 aliphatic rings. The van der Waals surface area contributed by atoms with Gasteiger partial charge in [0.05, 0.1) is 19.3 Å². The van der Waals surface area contributed by atoms with Gasteiger partial charge in [0.15, 0.2) is 0 Å². The van der Waals surface area contributed by atoms with E-state index in [0.717, 1.165) is 4.90 Å². The van der Waals surface area contributed by atoms with E-state index in [0.29, 0.717) is 104 Å². The number of methoxy groups -OCH3 is 1. The molecule has 10 atom stereocenters. The molecule has 2 saturated heterocycles. The van der Waals surface area contributed by atoms with Gasteiger partial charge in [0.2, 0.25) is 53.2 Å². The number of fused-ring (bicyclic) bond motifs is 6. The minimum Gasteiger partial charge on any atom is -0.497 e. The molecular formula is C69H85F3N12O12S2. The first kappa shape index (κ1) is 73.6. The smallest absolute Gasteiger partial charge is 0.246 e. The number of unbranched alkanes of at least 4 members (excludes halogenated alkanes) is 1. The average molecular weight is 1400 g/mol. The lowest BCUT2D eigenvalue weighted by atomic mass is 9.95. The number of aliphatic hydroxyl groups excluding tert-OH is 2. The number of nitrogens with zero attached hydrogens (tertiary/aromatic N) is 2. The fraction of sp³-hybridized carbons (Fsp3) is 0.464. The van der Waals surface area contributed by atoms with Crippen molar-refractivity contribution in [1.29, 1.82) is 0 Å². The number of hydrogen-bond donors (Lipinski definition) is 12. The van der Waals surface area contributed by atoms with E-state index in [2.05, 4.69) is 47.2 Å². The van der Waals surface area contributed by atoms with Crippen molar-refractivity contribution < 1.29 is 71.3 Å². The molecule has 0 unspecified atom stereocenters. The van der Waals surface area contributed by atoms with Gasteiger partial charge in [-0.15, -0.1) is 0 Å². The summed E-state index contributed by atoms with van der Waals surface area (Å²) < 4.78 is 50.3. The Balaban J connectivity index is 1.04. The molecule has 13 N–H and O–H groups in total. The minimum atomic E-state index is -1.81. The fourth-order valence-electron chi connectivity index (χ4n) is 12.7. The number of benzene rings is 4. The van der Waals surface area contributed by atoms with Gasteiger partial charge in [-0.05, 0) is 148 Å². The summed E-state index contributed by atoms with van der Waals surface area (Å²) in [4.78, 5) is 140. The van der Waals surface area contributed by atoms with E-state index in [1.165, 1.54) is 110 Å². The molecule has 6 aromatic rings. The number of carbonyl (C=O) groups excluding carboxylic acids is 9. The molecule has 2 bridgehead atoms. The van der Waals surface area contributed by atoms with Crippen molar-refractivity contribution in [2.45, 2.75) is 157 Å². The number of hydrogen-bond acceptors (Lipinski definition) is 15. The summed E-state index contributed by atoms with van der Waals surface area (Å²) in [6.45, 7) is 4.34. The van der Waals surface area contributed by atoms with Gasteiger partial charge in [-0.3, -0.25) is 43.2 Å². The highest BCUT2D eigenvalue weighted by molar-refractivity contribution is 7.98. The lowest BCUT2D eigenvalue weighted by Crippen LogP contribution is -2.63. The van der Waals surface area contributed by atoms with Crippen LogP contribution in [0, 0.1) is 17.5 Å². The first-order valence-corrected chi connectivity index (χ1v) is 35.1. The number of ether oxygens (including phenoxy) is 1. The lowest BCUT2D eigenvalue weighted by Gasteiger charge is -2.37. The number of nitrogens with two attached hydrogens (primary N) is 1. The highest BCUT2D eigenvalue weighted by Gasteiger charge is 2.49. The van der Waals surface area contributed by atoms with E-state index in [9.17, 15) is 47.8 Å². The molecule has 9 rings (SSSR count). The summed E-state index contributed by atoms with van der Waals surface area (Å²) in [6.07, 6.45) is 0.492. The highest BCUT2D eigenvalue weighted by atomic mass is 32.2. The molecule has 2 fully saturated rings. The zero-order valence-electron chi connectivity index (χ0n) is 55.0. The largest absolute Gasteiger partial charge is 0.497 e. The Morgan fingerprint density at radius 2 is 1.28 bits per heavy atom. The van der Waals surface area contributed by atoms with Crippen molar-refractivity contribution in [3.8, 4) is 5.75 Å². The van der Waals surface area contributed by atoms with Gasteiger partial charge < -0.3 is 77.7 Å². The van der Waals surface area contributed by atoms with Gasteiger partial charge in [-0.1, -0.05) is 18.2 Å². The van der Waals surface area contributed by atoms with E-state index < -0.39 is 144 Å². The molecule has 2 aromatic heterocycles. The Bertz CT molecular complexity index is 3880. The number of nitrogens with one attached hydrogen (secondary N) is 9. The molecule has 29 heteroatoms. The van der Waals surface area contributed by atoms with Crippen LogP contribution in [-0.2, 0) is 73.9 Å². The van der Waals surface area contributed by atoms with Crippen LogP contribution >= 0.6 is 23.5 Å². The van der Waals surface area contributed by atoms with Crippen molar-refractivity contribution in [1.82, 2.24) is 57.0 Å². The molecule has 24 nitrogen and oxygen atoms in total. The monoisotopic (exact) mass is 1390 g/mol. The number of aliphatic hydroxyl groups is 2. The first-order valence-electron chi connectivity index (χ1n) is 32.8. The zero-order chi connectivity index (χ0) is 70.4. The van der Waals surface area contributed by atoms with Gasteiger partial charge >= 0.3 is 0 Å². The third-order valence-corrected chi connectivity index (χ3v) is 20.1. The summed E-state index contributed by atoms with van der Waals surface area (Å²) in [7, 11) is 1.48. The maximum Gasteiger partial charge on any atom is 0.246 e. The summed E-state index contributed by atoms with van der Waals surface area (Å²) in [6, 6.07) is 8.64. The second-order valence-electron chi connectivity index (χ2n) is 25.4. The standard InChI is InChI=1S/C69H85F3N12O12S2/c1-38-61(88)79-55(28-43-33-75-52-15-11-45(70)30-50(43)52)63(90)80-57(29-44-34-76-53-16-12-46(71)31-51(44)53)66(93)83-35-48(86)32-58(83)64(91)82-60(39(2)85)65(92)81-56(27-40-9-13-49(96-4)14-10-40)67(94)84-21-7-18-69(84,3)68(95)74-20-23-98-37-42-24-41(25-47(72)26-42)36-97-22-17-59(87)78-54(62(89)77-38)8-5-6-19-73/h9-16,24-26,30-31,33-34,38-39,48,54-58,60,75-76,85-86H,5-8,17-23,27-29,32,35-37,73H2,1-4H3,(H,74,95)(H,77,89)(H,78,87)(H,79,88)(H,80,90)(H,81,92)(H,82,91)/t38-,39+,48+,54+,55+,56+,57+,58+,60-,69+/m1/s1. The van der Waals surface area contributed by atoms with Crippen molar-refractivity contribution in [3.63, 3.8) is 0 Å². The third kappa shape index (κ3) is 18.8. The Hall–Kier alpha value is -8.64. The van der Waals surface area contributed by atoms with Crippen LogP contribution in [0.3, 0.4) is 0 Å². The number of amides is 9. The number of H-pyrrole nitrogens is 2. The Morgan fingerprint density at radius 1 is 0.673 bits per heavy atom. The van der Waals surface area contributed by atoms with Crippen LogP contribution in [0.1, 0.15) is 93.5 Å². The van der Waals surface area contributed by atoms with Crippen molar-refractivity contribution in [2.24, 2.45) is 5.73 Å². The van der Waals surface area contributed by atoms with Gasteiger partial charge in [-0.25, -0.2) is 13.2 Å². The average Bonchev–Trinajstić information content (AvgIpc) is 1.59. The summed E-state index contributed by atoms with van der Waals surface area (Å²) in [5.41, 5.74) is 7.92. The second-order valence-corrected chi connectivity index (χ2v) is 27.6. The van der Waals surface area contributed by atoms with E-state index >= 15 is 18.8 Å². The van der Waals surface area contributed by atoms with Crippen molar-refractivity contribution >= 4 is 98.5 Å². The Labute approximate surface area is 573 Å². The molecule has 9 amide bonds. The van der Waals surface area contributed by atoms with Crippen LogP contribution in [0.5, 0.6) is 5.75 Å². The predicted molar refractivity (Wildman–Crippen MR) is 364 cm³/mol. The van der Waals surface area contributed by atoms with Gasteiger partial charge in [0.25, 0.3) is 0 Å². The Kier molecular flexibility index (Phi) is 25.3. The second kappa shape index (κ2) is 33.7. The SMILES string of the molecule is COc1ccc(C[C@@H]2NC(=O)[C@@H]([C@H](C)O)NC(=O)[C@@H]3C[C@H](O)CN3C(=O)[C@H](Cc3c[nH]c4ccc(F)cc34)NC(=O)[C@H](Cc3c[nH]c4ccc(F)cc34)NC(=O)[C@@H](C)NC(=O)[C@H](CCCCN)NC(=O)CCSCc3cc(F)cc(c3)CSCCNC(=O)[C@]3(C)CCCN3C2=O)cc1. The highest BCUT2D eigenvalue weighted by Crippen LogP contribution is 2.32. The van der Waals surface area contributed by atoms with Gasteiger partial charge in [0.1, 0.15) is 71.0 Å². The number of aromatic nitrogens is 2. The number of aromatic amines is 2. The molecule has 0 radical (unpaired) electrons. The van der Waals surface area contributed by atoms with Crippen LogP contribution in [0.15, 0.2) is 91.3 Å². The minimum absolute atomic E-state index is 0.0260. The number of thioether (sulfide) groups is 2. The van der Waals surface area contributed by atoms with Crippen LogP contribution in [0.25, 0.3) is 21.8 Å². The van der Waals surface area contributed by atoms with E-state index in [1.54, 1.807) is 31.2 Å². The normalized spacial score (nSPS) is 24.9. The maximum absolute atomic E-state index is 15.4. The van der Waals surface area contributed by atoms with Crippen LogP contribution in [0.2, 0.25) is 0 Å². The quantitative estimate of drug-likeness (QED) is 0.0780. The lowest BCUT2D eigenvalue weighted by molar-refractivity contribution is -0.147. The first-order chi connectivity index (χ1) is 46.9. The molecule has 0 saturated carbocycles. The number of rotatable bonds is 12. The topological polar surface area (TPSA) is 352 Å². The summed E-state index contributed by atoms with van der Waals surface area (Å²) >= 11 is 2.82. The number of carbonyl (C=O) groups is 9. The van der Waals surface area contributed by atoms with Gasteiger partial charge in [0, 0.05) is 109 Å². The molecular weight excluding hydrogens is 1310 g/mol. The molecule has 0 spiro atoms. The van der Waals surface area contributed by atoms with E-state index in [4.69, 9.17) is 10.5 Å². The van der Waals surface area contributed by atoms with Crippen LogP contribution < -0.4 is 47.7 Å². The van der Waals surface area contributed by atoms with Gasteiger partial charge in [-0.2, -0.15) is 23.5 Å². The van der Waals surface area contributed by atoms with Crippen molar-refractivity contribution in [2.75, 3.05) is 44.8 Å². The van der Waals surface area contributed by atoms with Crippen molar-refractivity contribution in [3.05, 3.63) is 137 Å². The molecule has 526 valence electrons. The van der Waals surface area contributed by atoms with E-state index in [1.807, 2.05) is 6.07 Å². The molecule has 5 heterocycles. The molecule has 0 aliphatic carbocycles. The molecule has 4 aromatic carbocycles. The Morgan fingerprint density at radius 3 is 1.91 bits per heavy atom. The summed E-state index contributed by atoms with van der Waals surface area (Å²) in [5.74, 6) is -6.91. The fourth-order valence-corrected chi connectivity index (χ4v) is 14.4. The molecule has 98 heavy (non-hydrogen) atoms.